The van der Waals surface area contributed by atoms with E-state index in [1.54, 1.807) is 0 Å². The van der Waals surface area contributed by atoms with E-state index in [0.717, 1.165) is 6.42 Å². The topological polar surface area (TPSA) is 84.2 Å². The normalized spacial score (nSPS) is 13.3. The Balaban J connectivity index is 0. The third-order valence-corrected chi connectivity index (χ3v) is 3.50. The monoisotopic (exact) mass is 307 g/mol. The number of hydrogen-bond donors (Lipinski definition) is 3. The van der Waals surface area contributed by atoms with Gasteiger partial charge in [0.1, 0.15) is 0 Å². The van der Waals surface area contributed by atoms with Gasteiger partial charge in [0.15, 0.2) is 0 Å². The van der Waals surface area contributed by atoms with Crippen LogP contribution in [-0.2, 0) is 9.59 Å². The molecule has 0 saturated carbocycles. The Bertz CT molecular complexity index is 298. The minimum Gasteiger partial charge on any atom is -0.356 e. The molecule has 0 rings (SSSR count). The second-order valence-corrected chi connectivity index (χ2v) is 5.53. The Morgan fingerprint density at radius 2 is 1.75 bits per heavy atom. The SMILES string of the molecule is CCCNC(=O)CCCC(=O)NC(C)(CN)C(C)C.Cl. The number of hydrogen-bond acceptors (Lipinski definition) is 3. The van der Waals surface area contributed by atoms with Crippen LogP contribution in [0, 0.1) is 5.92 Å². The van der Waals surface area contributed by atoms with Crippen LogP contribution in [0.25, 0.3) is 0 Å². The summed E-state index contributed by atoms with van der Waals surface area (Å²) in [5.74, 6) is 0.249. The molecular formula is C14H30ClN3O2. The molecule has 0 saturated heterocycles. The molecule has 20 heavy (non-hydrogen) atoms. The van der Waals surface area contributed by atoms with Crippen LogP contribution >= 0.6 is 12.4 Å². The van der Waals surface area contributed by atoms with Gasteiger partial charge >= 0.3 is 0 Å². The van der Waals surface area contributed by atoms with E-state index >= 15 is 0 Å². The number of carbonyl (C=O) groups excluding carboxylic acids is 2. The van der Waals surface area contributed by atoms with Crippen molar-refractivity contribution in [2.45, 2.75) is 58.9 Å². The first-order chi connectivity index (χ1) is 8.85. The highest BCUT2D eigenvalue weighted by molar-refractivity contribution is 5.85. The van der Waals surface area contributed by atoms with E-state index in [-0.39, 0.29) is 35.7 Å². The van der Waals surface area contributed by atoms with E-state index in [0.29, 0.717) is 32.4 Å². The smallest absolute Gasteiger partial charge is 0.220 e. The van der Waals surface area contributed by atoms with Gasteiger partial charge in [-0.15, -0.1) is 12.4 Å². The zero-order chi connectivity index (χ0) is 14.9. The first-order valence-electron chi connectivity index (χ1n) is 7.13. The Kier molecular flexibility index (Phi) is 11.7. The van der Waals surface area contributed by atoms with Crippen molar-refractivity contribution in [3.8, 4) is 0 Å². The molecule has 0 radical (unpaired) electrons. The van der Waals surface area contributed by atoms with Crippen molar-refractivity contribution in [2.75, 3.05) is 13.1 Å². The first-order valence-corrected chi connectivity index (χ1v) is 7.13. The molecule has 0 aliphatic heterocycles. The van der Waals surface area contributed by atoms with E-state index in [9.17, 15) is 9.59 Å². The minimum atomic E-state index is -0.373. The van der Waals surface area contributed by atoms with Gasteiger partial charge in [-0.3, -0.25) is 9.59 Å². The minimum absolute atomic E-state index is 0. The molecule has 0 aromatic heterocycles. The lowest BCUT2D eigenvalue weighted by Gasteiger charge is -2.33. The van der Waals surface area contributed by atoms with Crippen LogP contribution < -0.4 is 16.4 Å². The van der Waals surface area contributed by atoms with Crippen molar-refractivity contribution >= 4 is 24.2 Å². The van der Waals surface area contributed by atoms with Gasteiger partial charge in [0, 0.05) is 25.9 Å². The summed E-state index contributed by atoms with van der Waals surface area (Å²) >= 11 is 0. The molecule has 0 aromatic carbocycles. The fourth-order valence-electron chi connectivity index (χ4n) is 1.57. The summed E-state index contributed by atoms with van der Waals surface area (Å²) in [5.41, 5.74) is 5.34. The fourth-order valence-corrected chi connectivity index (χ4v) is 1.57. The molecule has 0 fully saturated rings. The van der Waals surface area contributed by atoms with Crippen LogP contribution in [-0.4, -0.2) is 30.4 Å². The van der Waals surface area contributed by atoms with Crippen LogP contribution in [0.3, 0.4) is 0 Å². The van der Waals surface area contributed by atoms with E-state index in [1.807, 2.05) is 27.7 Å². The molecule has 4 N–H and O–H groups in total. The number of nitrogens with two attached hydrogens (primary N) is 1. The lowest BCUT2D eigenvalue weighted by atomic mass is 9.88. The van der Waals surface area contributed by atoms with Gasteiger partial charge in [0.25, 0.3) is 0 Å². The van der Waals surface area contributed by atoms with Crippen LogP contribution in [0.1, 0.15) is 53.4 Å². The van der Waals surface area contributed by atoms with Gasteiger partial charge in [0.05, 0.1) is 5.54 Å². The molecular weight excluding hydrogens is 278 g/mol. The molecule has 0 bridgehead atoms. The predicted molar refractivity (Wildman–Crippen MR) is 84.8 cm³/mol. The van der Waals surface area contributed by atoms with E-state index in [2.05, 4.69) is 10.6 Å². The quantitative estimate of drug-likeness (QED) is 0.605. The molecule has 5 nitrogen and oxygen atoms in total. The van der Waals surface area contributed by atoms with Crippen LogP contribution in [0.15, 0.2) is 0 Å². The lowest BCUT2D eigenvalue weighted by Crippen LogP contribution is -2.55. The van der Waals surface area contributed by atoms with Gasteiger partial charge in [0.2, 0.25) is 11.8 Å². The van der Waals surface area contributed by atoms with E-state index < -0.39 is 0 Å². The van der Waals surface area contributed by atoms with Crippen molar-refractivity contribution in [1.29, 1.82) is 0 Å². The van der Waals surface area contributed by atoms with Crippen LogP contribution in [0.5, 0.6) is 0 Å². The van der Waals surface area contributed by atoms with E-state index in [1.165, 1.54) is 0 Å². The summed E-state index contributed by atoms with van der Waals surface area (Å²) < 4.78 is 0. The van der Waals surface area contributed by atoms with Gasteiger partial charge < -0.3 is 16.4 Å². The molecule has 1 atom stereocenters. The Morgan fingerprint density at radius 3 is 2.20 bits per heavy atom. The average Bonchev–Trinajstić information content (AvgIpc) is 2.35. The molecule has 0 aliphatic rings. The van der Waals surface area contributed by atoms with Crippen molar-refractivity contribution in [3.63, 3.8) is 0 Å². The number of nitrogens with one attached hydrogen (secondary N) is 2. The number of carbonyl (C=O) groups is 2. The molecule has 2 amide bonds. The molecule has 0 aliphatic carbocycles. The van der Waals surface area contributed by atoms with Gasteiger partial charge in [-0.2, -0.15) is 0 Å². The average molecular weight is 308 g/mol. The maximum absolute atomic E-state index is 11.8. The van der Waals surface area contributed by atoms with Crippen molar-refractivity contribution in [3.05, 3.63) is 0 Å². The summed E-state index contributed by atoms with van der Waals surface area (Å²) in [6.07, 6.45) is 2.26. The zero-order valence-electron chi connectivity index (χ0n) is 13.1. The zero-order valence-corrected chi connectivity index (χ0v) is 13.9. The molecule has 1 unspecified atom stereocenters. The third kappa shape index (κ3) is 8.38. The first kappa shape index (κ1) is 21.5. The summed E-state index contributed by atoms with van der Waals surface area (Å²) in [4.78, 5) is 23.2. The summed E-state index contributed by atoms with van der Waals surface area (Å²) in [6.45, 7) is 9.13. The lowest BCUT2D eigenvalue weighted by molar-refractivity contribution is -0.123. The second kappa shape index (κ2) is 10.9. The highest BCUT2D eigenvalue weighted by atomic mass is 35.5. The third-order valence-electron chi connectivity index (χ3n) is 3.50. The summed E-state index contributed by atoms with van der Waals surface area (Å²) in [5, 5.41) is 5.76. The summed E-state index contributed by atoms with van der Waals surface area (Å²) in [6, 6.07) is 0. The summed E-state index contributed by atoms with van der Waals surface area (Å²) in [7, 11) is 0. The predicted octanol–water partition coefficient (Wildman–Crippen LogP) is 1.59. The maximum atomic E-state index is 11.8. The number of halogens is 1. The Labute approximate surface area is 128 Å². The van der Waals surface area contributed by atoms with Crippen molar-refractivity contribution in [1.82, 2.24) is 10.6 Å². The fraction of sp³-hybridized carbons (Fsp3) is 0.857. The molecule has 6 heteroatoms. The largest absolute Gasteiger partial charge is 0.356 e. The van der Waals surface area contributed by atoms with Gasteiger partial charge in [-0.05, 0) is 25.7 Å². The molecule has 0 heterocycles. The van der Waals surface area contributed by atoms with Crippen molar-refractivity contribution in [2.24, 2.45) is 11.7 Å². The highest BCUT2D eigenvalue weighted by Crippen LogP contribution is 2.15. The standard InChI is InChI=1S/C14H29N3O2.ClH/c1-5-9-16-12(18)7-6-8-13(19)17-14(4,10-15)11(2)3;/h11H,5-10,15H2,1-4H3,(H,16,18)(H,17,19);1H. The van der Waals surface area contributed by atoms with Gasteiger partial charge in [-0.25, -0.2) is 0 Å². The Hall–Kier alpha value is -0.810. The molecule has 0 spiro atoms. The van der Waals surface area contributed by atoms with Crippen LogP contribution in [0.4, 0.5) is 0 Å². The maximum Gasteiger partial charge on any atom is 0.220 e. The van der Waals surface area contributed by atoms with Gasteiger partial charge in [-0.1, -0.05) is 20.8 Å². The molecule has 120 valence electrons. The van der Waals surface area contributed by atoms with Crippen LogP contribution in [0.2, 0.25) is 0 Å². The second-order valence-electron chi connectivity index (χ2n) is 5.53. The molecule has 0 aromatic rings. The van der Waals surface area contributed by atoms with Crippen molar-refractivity contribution < 1.29 is 9.59 Å². The highest BCUT2D eigenvalue weighted by Gasteiger charge is 2.28. The number of rotatable bonds is 9. The van der Waals surface area contributed by atoms with E-state index in [4.69, 9.17) is 5.73 Å². The number of amides is 2. The Morgan fingerprint density at radius 1 is 1.20 bits per heavy atom.